The number of carbonyl (C=O) groups excluding carboxylic acids is 2. The van der Waals surface area contributed by atoms with Crippen LogP contribution in [0.5, 0.6) is 0 Å². The van der Waals surface area contributed by atoms with Gasteiger partial charge in [0.15, 0.2) is 0 Å². The summed E-state index contributed by atoms with van der Waals surface area (Å²) in [5.41, 5.74) is 0. The van der Waals surface area contributed by atoms with E-state index < -0.39 is 36.6 Å². The van der Waals surface area contributed by atoms with Crippen molar-refractivity contribution in [3.63, 3.8) is 0 Å². The minimum Gasteiger partial charge on any atom is -0.393 e. The Hall–Kier alpha value is -1.09. The molecule has 0 aliphatic heterocycles. The van der Waals surface area contributed by atoms with Crippen LogP contribution in [0.4, 0.5) is 4.39 Å². The number of aliphatic hydroxyl groups excluding tert-OH is 3. The Morgan fingerprint density at radius 2 is 2.06 bits per heavy atom. The van der Waals surface area contributed by atoms with Gasteiger partial charge in [0.05, 0.1) is 6.61 Å². The van der Waals surface area contributed by atoms with Gasteiger partial charge in [-0.3, -0.25) is 4.79 Å². The number of nitrogens with one attached hydrogen (secondary N) is 1. The lowest BCUT2D eigenvalue weighted by Crippen LogP contribution is -2.59. The minimum atomic E-state index is -3.61. The fourth-order valence-corrected chi connectivity index (χ4v) is 0.999. The van der Waals surface area contributed by atoms with Crippen molar-refractivity contribution < 1.29 is 34.4 Å². The van der Waals surface area contributed by atoms with E-state index in [0.29, 0.717) is 0 Å². The average molecular weight is 239 g/mol. The molecule has 8 heteroatoms. The summed E-state index contributed by atoms with van der Waals surface area (Å²) in [6.07, 6.45) is -4.68. The predicted molar refractivity (Wildman–Crippen MR) is 48.8 cm³/mol. The molecule has 4 atom stereocenters. The molecule has 5 N–H and O–H groups in total. The summed E-state index contributed by atoms with van der Waals surface area (Å²) in [5, 5.41) is 37.4. The molecule has 1 amide bonds. The van der Waals surface area contributed by atoms with E-state index in [1.807, 2.05) is 5.32 Å². The first kappa shape index (κ1) is 14.9. The van der Waals surface area contributed by atoms with Gasteiger partial charge in [0.2, 0.25) is 5.91 Å². The van der Waals surface area contributed by atoms with E-state index in [0.717, 1.165) is 6.92 Å². The predicted octanol–water partition coefficient (Wildman–Crippen LogP) is -2.94. The number of hydrogen-bond acceptors (Lipinski definition) is 6. The van der Waals surface area contributed by atoms with Crippen LogP contribution in [0, 0.1) is 0 Å². The van der Waals surface area contributed by atoms with Gasteiger partial charge in [-0.2, -0.15) is 0 Å². The van der Waals surface area contributed by atoms with Gasteiger partial charge in [0.1, 0.15) is 24.5 Å². The molecule has 0 heterocycles. The molecule has 0 bridgehead atoms. The first-order valence-electron chi connectivity index (χ1n) is 4.38. The number of aliphatic hydroxyl groups is 4. The van der Waals surface area contributed by atoms with Crippen LogP contribution in [0.15, 0.2) is 0 Å². The first-order chi connectivity index (χ1) is 7.27. The molecule has 0 spiro atoms. The number of amides is 1. The number of alkyl halides is 1. The highest BCUT2D eigenvalue weighted by Gasteiger charge is 2.47. The first-order valence-corrected chi connectivity index (χ1v) is 4.38. The van der Waals surface area contributed by atoms with E-state index >= 15 is 0 Å². The molecule has 0 aliphatic carbocycles. The molecule has 0 aromatic rings. The van der Waals surface area contributed by atoms with Crippen molar-refractivity contribution in [2.75, 3.05) is 6.61 Å². The smallest absolute Gasteiger partial charge is 0.263 e. The summed E-state index contributed by atoms with van der Waals surface area (Å²) >= 11 is 0. The SMILES string of the molecule is CC(=O)N[C@@H](C=O)[C@@H](O)[C@@](O)(F)[C@H](O)CO. The largest absolute Gasteiger partial charge is 0.393 e. The molecule has 16 heavy (non-hydrogen) atoms. The third-order valence-corrected chi connectivity index (χ3v) is 1.91. The van der Waals surface area contributed by atoms with Gasteiger partial charge >= 0.3 is 0 Å². The summed E-state index contributed by atoms with van der Waals surface area (Å²) in [7, 11) is 0. The van der Waals surface area contributed by atoms with Gasteiger partial charge in [-0.1, -0.05) is 0 Å². The van der Waals surface area contributed by atoms with Gasteiger partial charge in [0.25, 0.3) is 5.85 Å². The summed E-state index contributed by atoms with van der Waals surface area (Å²) in [6.45, 7) is -0.140. The van der Waals surface area contributed by atoms with E-state index in [4.69, 9.17) is 15.3 Å². The van der Waals surface area contributed by atoms with Crippen LogP contribution in [0.25, 0.3) is 0 Å². The van der Waals surface area contributed by atoms with Crippen LogP contribution < -0.4 is 5.32 Å². The van der Waals surface area contributed by atoms with E-state index in [1.165, 1.54) is 0 Å². The second kappa shape index (κ2) is 5.85. The maximum Gasteiger partial charge on any atom is 0.263 e. The highest BCUT2D eigenvalue weighted by atomic mass is 19.2. The lowest BCUT2D eigenvalue weighted by atomic mass is 9.99. The zero-order chi connectivity index (χ0) is 12.9. The molecular formula is C8H14FNO6. The number of aldehydes is 1. The monoisotopic (exact) mass is 239 g/mol. The average Bonchev–Trinajstić information content (AvgIpc) is 2.23. The van der Waals surface area contributed by atoms with Crippen molar-refractivity contribution in [3.05, 3.63) is 0 Å². The summed E-state index contributed by atoms with van der Waals surface area (Å²) < 4.78 is 13.4. The van der Waals surface area contributed by atoms with Gasteiger partial charge < -0.3 is 30.5 Å². The fourth-order valence-electron chi connectivity index (χ4n) is 0.999. The topological polar surface area (TPSA) is 127 Å². The van der Waals surface area contributed by atoms with Gasteiger partial charge in [0, 0.05) is 6.92 Å². The van der Waals surface area contributed by atoms with Crippen LogP contribution >= 0.6 is 0 Å². The number of halogens is 1. The lowest BCUT2D eigenvalue weighted by Gasteiger charge is -2.31. The molecule has 0 aromatic carbocycles. The Labute approximate surface area is 90.5 Å². The molecule has 0 unspecified atom stereocenters. The maximum atomic E-state index is 13.4. The lowest BCUT2D eigenvalue weighted by molar-refractivity contribution is -0.238. The second-order valence-corrected chi connectivity index (χ2v) is 3.23. The van der Waals surface area contributed by atoms with Crippen LogP contribution in [0.3, 0.4) is 0 Å². The van der Waals surface area contributed by atoms with E-state index in [9.17, 15) is 19.1 Å². The van der Waals surface area contributed by atoms with Crippen molar-refractivity contribution in [1.29, 1.82) is 0 Å². The molecule has 0 radical (unpaired) electrons. The van der Waals surface area contributed by atoms with E-state index in [-0.39, 0.29) is 6.29 Å². The zero-order valence-electron chi connectivity index (χ0n) is 8.50. The zero-order valence-corrected chi connectivity index (χ0v) is 8.50. The van der Waals surface area contributed by atoms with Gasteiger partial charge in [-0.25, -0.2) is 4.39 Å². The Morgan fingerprint density at radius 1 is 1.56 bits per heavy atom. The highest BCUT2D eigenvalue weighted by Crippen LogP contribution is 2.19. The maximum absolute atomic E-state index is 13.4. The van der Waals surface area contributed by atoms with Crippen molar-refractivity contribution >= 4 is 12.2 Å². The molecule has 0 rings (SSSR count). The summed E-state index contributed by atoms with van der Waals surface area (Å²) in [4.78, 5) is 21.0. The van der Waals surface area contributed by atoms with Crippen molar-refractivity contribution in [2.45, 2.75) is 31.0 Å². The highest BCUT2D eigenvalue weighted by molar-refractivity contribution is 5.77. The van der Waals surface area contributed by atoms with Crippen molar-refractivity contribution in [1.82, 2.24) is 5.32 Å². The molecular weight excluding hydrogens is 225 g/mol. The Kier molecular flexibility index (Phi) is 5.45. The molecule has 94 valence electrons. The molecule has 7 nitrogen and oxygen atoms in total. The van der Waals surface area contributed by atoms with Crippen LogP contribution in [-0.4, -0.2) is 63.3 Å². The molecule has 0 saturated carbocycles. The van der Waals surface area contributed by atoms with Crippen LogP contribution in [0.2, 0.25) is 0 Å². The fraction of sp³-hybridized carbons (Fsp3) is 0.750. The summed E-state index contributed by atoms with van der Waals surface area (Å²) in [6, 6.07) is -1.73. The third kappa shape index (κ3) is 3.49. The van der Waals surface area contributed by atoms with Gasteiger partial charge in [-0.05, 0) is 0 Å². The van der Waals surface area contributed by atoms with Crippen molar-refractivity contribution in [3.8, 4) is 0 Å². The Morgan fingerprint density at radius 3 is 2.38 bits per heavy atom. The number of carbonyl (C=O) groups is 2. The second-order valence-electron chi connectivity index (χ2n) is 3.23. The number of hydrogen-bond donors (Lipinski definition) is 5. The minimum absolute atomic E-state index is 0.000705. The molecule has 0 aliphatic rings. The quantitative estimate of drug-likeness (QED) is 0.316. The van der Waals surface area contributed by atoms with E-state index in [2.05, 4.69) is 0 Å². The third-order valence-electron chi connectivity index (χ3n) is 1.91. The Bertz CT molecular complexity index is 259. The standard InChI is InChI=1S/C8H14FNO6/c1-4(13)10-5(2-11)7(15)8(9,16)6(14)3-12/h2,5-7,12,14-16H,3H2,1H3,(H,10,13)/t5-,6+,7+,8+/m0/s1. The molecule has 0 saturated heterocycles. The van der Waals surface area contributed by atoms with E-state index in [1.54, 1.807) is 0 Å². The van der Waals surface area contributed by atoms with Crippen LogP contribution in [0.1, 0.15) is 6.92 Å². The molecule has 0 fully saturated rings. The summed E-state index contributed by atoms with van der Waals surface area (Å²) in [5.74, 6) is -4.34. The van der Waals surface area contributed by atoms with Gasteiger partial charge in [-0.15, -0.1) is 0 Å². The van der Waals surface area contributed by atoms with Crippen molar-refractivity contribution in [2.24, 2.45) is 0 Å². The van der Waals surface area contributed by atoms with Crippen LogP contribution in [-0.2, 0) is 9.59 Å². The Balaban J connectivity index is 4.78. The normalized spacial score (nSPS) is 20.4. The number of rotatable bonds is 6. The molecule has 0 aromatic heterocycles.